The quantitative estimate of drug-likeness (QED) is 0.567. The summed E-state index contributed by atoms with van der Waals surface area (Å²) < 4.78 is 59.3. The molecular formula is C21H25F4N3O. The molecule has 0 unspecified atom stereocenters. The van der Waals surface area contributed by atoms with E-state index in [9.17, 15) is 17.6 Å². The topological polar surface area (TPSA) is 61.0 Å². The number of pyridine rings is 2. The van der Waals surface area contributed by atoms with E-state index < -0.39 is 35.4 Å². The highest BCUT2D eigenvalue weighted by Crippen LogP contribution is 2.50. The van der Waals surface area contributed by atoms with Crippen LogP contribution >= 0.6 is 0 Å². The first-order valence-electron chi connectivity index (χ1n) is 9.56. The molecule has 0 saturated heterocycles. The molecule has 1 aliphatic rings. The maximum Gasteiger partial charge on any atom is 0.284 e. The predicted molar refractivity (Wildman–Crippen MR) is 102 cm³/mol. The standard InChI is InChI=1S/C21H25F4N3O/c1-12(2)11-20(3,26)21(7-8-21)29-16-5-4-14(28-17(16)19(24)25)13-6-9-27-15(10-13)18(22)23/h4-6,9-10,12,18-19H,7-8,11,26H2,1-3H3/t20-/m0/s1. The van der Waals surface area contributed by atoms with Crippen LogP contribution in [0.4, 0.5) is 17.6 Å². The molecule has 2 N–H and O–H groups in total. The van der Waals surface area contributed by atoms with Crippen molar-refractivity contribution in [2.24, 2.45) is 11.7 Å². The summed E-state index contributed by atoms with van der Waals surface area (Å²) in [5.74, 6) is 0.307. The number of ether oxygens (including phenoxy) is 1. The van der Waals surface area contributed by atoms with Gasteiger partial charge in [0.05, 0.1) is 11.2 Å². The fourth-order valence-corrected chi connectivity index (χ4v) is 3.74. The number of nitrogens with two attached hydrogens (primary N) is 1. The first kappa shape index (κ1) is 21.5. The molecule has 2 aromatic heterocycles. The zero-order chi connectivity index (χ0) is 21.4. The lowest BCUT2D eigenvalue weighted by Gasteiger charge is -2.36. The van der Waals surface area contributed by atoms with Crippen molar-refractivity contribution < 1.29 is 22.3 Å². The van der Waals surface area contributed by atoms with E-state index in [2.05, 4.69) is 9.97 Å². The van der Waals surface area contributed by atoms with Gasteiger partial charge >= 0.3 is 0 Å². The van der Waals surface area contributed by atoms with Gasteiger partial charge in [0, 0.05) is 11.8 Å². The van der Waals surface area contributed by atoms with E-state index in [0.29, 0.717) is 25.2 Å². The molecular weight excluding hydrogens is 386 g/mol. The van der Waals surface area contributed by atoms with Crippen molar-refractivity contribution in [3.8, 4) is 17.0 Å². The van der Waals surface area contributed by atoms with Gasteiger partial charge in [0.15, 0.2) is 0 Å². The lowest BCUT2D eigenvalue weighted by molar-refractivity contribution is 0.0705. The van der Waals surface area contributed by atoms with Crippen molar-refractivity contribution in [2.75, 3.05) is 0 Å². The van der Waals surface area contributed by atoms with Gasteiger partial charge in [-0.2, -0.15) is 0 Å². The Morgan fingerprint density at radius 1 is 1.14 bits per heavy atom. The van der Waals surface area contributed by atoms with Crippen LogP contribution < -0.4 is 10.5 Å². The van der Waals surface area contributed by atoms with E-state index in [-0.39, 0.29) is 17.0 Å². The average molecular weight is 411 g/mol. The second kappa shape index (κ2) is 7.89. The van der Waals surface area contributed by atoms with Crippen molar-refractivity contribution in [2.45, 2.75) is 64.0 Å². The van der Waals surface area contributed by atoms with Gasteiger partial charge in [-0.3, -0.25) is 4.98 Å². The number of hydrogen-bond donors (Lipinski definition) is 1. The summed E-state index contributed by atoms with van der Waals surface area (Å²) in [5, 5.41) is 0. The molecule has 0 spiro atoms. The molecule has 1 aliphatic carbocycles. The minimum absolute atomic E-state index is 0.0233. The molecule has 0 radical (unpaired) electrons. The summed E-state index contributed by atoms with van der Waals surface area (Å²) in [5.41, 5.74) is 4.59. The Morgan fingerprint density at radius 3 is 2.38 bits per heavy atom. The van der Waals surface area contributed by atoms with E-state index in [1.165, 1.54) is 24.4 Å². The van der Waals surface area contributed by atoms with Crippen LogP contribution in [0.25, 0.3) is 11.3 Å². The van der Waals surface area contributed by atoms with Crippen molar-refractivity contribution in [1.82, 2.24) is 9.97 Å². The number of alkyl halides is 4. The van der Waals surface area contributed by atoms with Gasteiger partial charge in [-0.05, 0) is 56.4 Å². The fraction of sp³-hybridized carbons (Fsp3) is 0.524. The number of halogens is 4. The Kier molecular flexibility index (Phi) is 5.85. The highest BCUT2D eigenvalue weighted by atomic mass is 19.3. The number of aromatic nitrogens is 2. The molecule has 2 heterocycles. The summed E-state index contributed by atoms with van der Waals surface area (Å²) >= 11 is 0. The van der Waals surface area contributed by atoms with E-state index in [1.54, 1.807) is 0 Å². The first-order chi connectivity index (χ1) is 13.5. The van der Waals surface area contributed by atoms with Crippen LogP contribution in [0.2, 0.25) is 0 Å². The Labute approximate surface area is 167 Å². The first-order valence-corrected chi connectivity index (χ1v) is 9.56. The van der Waals surface area contributed by atoms with Crippen molar-refractivity contribution in [3.05, 3.63) is 41.9 Å². The van der Waals surface area contributed by atoms with Crippen LogP contribution in [-0.2, 0) is 0 Å². The minimum atomic E-state index is -2.88. The van der Waals surface area contributed by atoms with E-state index in [0.717, 1.165) is 6.07 Å². The van der Waals surface area contributed by atoms with Crippen molar-refractivity contribution in [3.63, 3.8) is 0 Å². The summed E-state index contributed by atoms with van der Waals surface area (Å²) in [6.45, 7) is 5.97. The third kappa shape index (κ3) is 4.52. The highest BCUT2D eigenvalue weighted by molar-refractivity contribution is 5.60. The summed E-state index contributed by atoms with van der Waals surface area (Å²) in [6.07, 6.45) is -2.39. The van der Waals surface area contributed by atoms with Gasteiger partial charge in [0.2, 0.25) is 0 Å². The normalized spacial score (nSPS) is 17.6. The van der Waals surface area contributed by atoms with Crippen LogP contribution in [0.15, 0.2) is 30.5 Å². The number of hydrogen-bond acceptors (Lipinski definition) is 4. The molecule has 0 aromatic carbocycles. The number of nitrogens with zero attached hydrogens (tertiary/aromatic N) is 2. The smallest absolute Gasteiger partial charge is 0.284 e. The van der Waals surface area contributed by atoms with Crippen molar-refractivity contribution in [1.29, 1.82) is 0 Å². The molecule has 0 aliphatic heterocycles. The average Bonchev–Trinajstić information content (AvgIpc) is 3.42. The maximum atomic E-state index is 13.7. The van der Waals surface area contributed by atoms with E-state index >= 15 is 0 Å². The van der Waals surface area contributed by atoms with Gasteiger partial charge in [0.25, 0.3) is 12.9 Å². The lowest BCUT2D eigenvalue weighted by Crippen LogP contribution is -2.54. The van der Waals surface area contributed by atoms with Gasteiger partial charge < -0.3 is 10.5 Å². The summed E-state index contributed by atoms with van der Waals surface area (Å²) in [6, 6.07) is 5.49. The zero-order valence-corrected chi connectivity index (χ0v) is 16.6. The fourth-order valence-electron chi connectivity index (χ4n) is 3.74. The highest BCUT2D eigenvalue weighted by Gasteiger charge is 2.58. The SMILES string of the molecule is CC(C)C[C@](C)(N)C1(Oc2ccc(-c3ccnc(C(F)F)c3)nc2C(F)F)CC1. The molecule has 0 bridgehead atoms. The van der Waals surface area contributed by atoms with Crippen LogP contribution in [-0.4, -0.2) is 21.1 Å². The van der Waals surface area contributed by atoms with E-state index in [1.807, 2.05) is 20.8 Å². The monoisotopic (exact) mass is 411 g/mol. The molecule has 0 amide bonds. The summed E-state index contributed by atoms with van der Waals surface area (Å²) in [7, 11) is 0. The molecule has 4 nitrogen and oxygen atoms in total. The molecule has 1 fully saturated rings. The predicted octanol–water partition coefficient (Wildman–Crippen LogP) is 5.69. The molecule has 2 aromatic rings. The van der Waals surface area contributed by atoms with Crippen LogP contribution in [0.3, 0.4) is 0 Å². The largest absolute Gasteiger partial charge is 0.483 e. The van der Waals surface area contributed by atoms with Gasteiger partial charge in [-0.1, -0.05) is 13.8 Å². The second-order valence-corrected chi connectivity index (χ2v) is 8.26. The molecule has 3 rings (SSSR count). The Morgan fingerprint density at radius 2 is 1.83 bits per heavy atom. The van der Waals surface area contributed by atoms with Gasteiger partial charge in [0.1, 0.15) is 22.7 Å². The van der Waals surface area contributed by atoms with Gasteiger partial charge in [-0.15, -0.1) is 0 Å². The van der Waals surface area contributed by atoms with Crippen LogP contribution in [0.5, 0.6) is 5.75 Å². The summed E-state index contributed by atoms with van der Waals surface area (Å²) in [4.78, 5) is 7.59. The van der Waals surface area contributed by atoms with Crippen LogP contribution in [0.1, 0.15) is 64.3 Å². The van der Waals surface area contributed by atoms with Crippen molar-refractivity contribution >= 4 is 0 Å². The molecule has 1 atom stereocenters. The molecule has 1 saturated carbocycles. The Hall–Kier alpha value is -2.22. The molecule has 29 heavy (non-hydrogen) atoms. The molecule has 8 heteroatoms. The lowest BCUT2D eigenvalue weighted by atomic mass is 9.84. The molecule has 158 valence electrons. The maximum absolute atomic E-state index is 13.7. The third-order valence-corrected chi connectivity index (χ3v) is 5.28. The zero-order valence-electron chi connectivity index (χ0n) is 16.6. The minimum Gasteiger partial charge on any atom is -0.483 e. The Bertz CT molecular complexity index is 867. The van der Waals surface area contributed by atoms with Gasteiger partial charge in [-0.25, -0.2) is 22.5 Å². The Balaban J connectivity index is 1.93. The third-order valence-electron chi connectivity index (χ3n) is 5.28. The second-order valence-electron chi connectivity index (χ2n) is 8.26. The number of rotatable bonds is 8. The van der Waals surface area contributed by atoms with Crippen LogP contribution in [0, 0.1) is 5.92 Å². The van der Waals surface area contributed by atoms with E-state index in [4.69, 9.17) is 10.5 Å².